The Morgan fingerprint density at radius 2 is 2.29 bits per heavy atom. The molecule has 0 unspecified atom stereocenters. The summed E-state index contributed by atoms with van der Waals surface area (Å²) in [6, 6.07) is 7.01. The Balaban J connectivity index is 2.31. The van der Waals surface area contributed by atoms with Gasteiger partial charge in [0.25, 0.3) is 0 Å². The van der Waals surface area contributed by atoms with Gasteiger partial charge in [0.2, 0.25) is 0 Å². The van der Waals surface area contributed by atoms with Gasteiger partial charge in [0.05, 0.1) is 0 Å². The van der Waals surface area contributed by atoms with Crippen LogP contribution in [0.2, 0.25) is 0 Å². The van der Waals surface area contributed by atoms with Crippen LogP contribution < -0.4 is 5.73 Å². The summed E-state index contributed by atoms with van der Waals surface area (Å²) in [5.41, 5.74) is 8.60. The van der Waals surface area contributed by atoms with Crippen molar-refractivity contribution >= 4 is 15.9 Å². The van der Waals surface area contributed by atoms with Crippen LogP contribution in [0.25, 0.3) is 0 Å². The van der Waals surface area contributed by atoms with Gasteiger partial charge in [-0.05, 0) is 36.7 Å². The number of hydrogen-bond acceptors (Lipinski definition) is 2. The highest BCUT2D eigenvalue weighted by Crippen LogP contribution is 2.24. The summed E-state index contributed by atoms with van der Waals surface area (Å²) in [6.45, 7) is 1.76. The first-order valence-electron chi connectivity index (χ1n) is 4.88. The van der Waals surface area contributed by atoms with E-state index in [0.29, 0.717) is 6.04 Å². The van der Waals surface area contributed by atoms with Gasteiger partial charge in [-0.1, -0.05) is 22.0 Å². The number of halogens is 1. The average Bonchev–Trinajstić information content (AvgIpc) is 2.17. The van der Waals surface area contributed by atoms with Crippen LogP contribution in [-0.4, -0.2) is 24.5 Å². The van der Waals surface area contributed by atoms with Crippen molar-refractivity contribution in [2.45, 2.75) is 19.0 Å². The number of nitrogens with two attached hydrogens (primary N) is 1. The van der Waals surface area contributed by atoms with E-state index in [2.05, 4.69) is 46.1 Å². The first-order chi connectivity index (χ1) is 6.70. The van der Waals surface area contributed by atoms with Gasteiger partial charge in [-0.25, -0.2) is 0 Å². The molecule has 0 spiro atoms. The van der Waals surface area contributed by atoms with Gasteiger partial charge >= 0.3 is 0 Å². The minimum absolute atomic E-state index is 0.497. The van der Waals surface area contributed by atoms with Crippen molar-refractivity contribution in [3.05, 3.63) is 33.8 Å². The molecule has 0 aliphatic carbocycles. The smallest absolute Gasteiger partial charge is 0.0259 e. The minimum atomic E-state index is 0.497. The van der Waals surface area contributed by atoms with E-state index in [1.54, 1.807) is 0 Å². The molecule has 0 aromatic heterocycles. The van der Waals surface area contributed by atoms with Gasteiger partial charge in [-0.2, -0.15) is 0 Å². The quantitative estimate of drug-likeness (QED) is 0.828. The van der Waals surface area contributed by atoms with Gasteiger partial charge in [-0.3, -0.25) is 4.90 Å². The van der Waals surface area contributed by atoms with Crippen molar-refractivity contribution < 1.29 is 0 Å². The number of hydrogen-bond donors (Lipinski definition) is 1. The molecule has 0 fully saturated rings. The lowest BCUT2D eigenvalue weighted by Crippen LogP contribution is -2.42. The van der Waals surface area contributed by atoms with Crippen LogP contribution in [0.5, 0.6) is 0 Å². The van der Waals surface area contributed by atoms with Crippen LogP contribution in [0, 0.1) is 0 Å². The molecule has 1 aliphatic rings. The average molecular weight is 255 g/mol. The van der Waals surface area contributed by atoms with Crippen molar-refractivity contribution in [3.8, 4) is 0 Å². The van der Waals surface area contributed by atoms with E-state index in [9.17, 15) is 0 Å². The molecule has 1 aromatic rings. The molecule has 0 amide bonds. The second-order valence-corrected chi connectivity index (χ2v) is 4.84. The minimum Gasteiger partial charge on any atom is -0.329 e. The first-order valence-corrected chi connectivity index (χ1v) is 5.67. The zero-order valence-electron chi connectivity index (χ0n) is 8.33. The van der Waals surface area contributed by atoms with E-state index in [-0.39, 0.29) is 0 Å². The second kappa shape index (κ2) is 4.01. The summed E-state index contributed by atoms with van der Waals surface area (Å²) >= 11 is 3.50. The summed E-state index contributed by atoms with van der Waals surface area (Å²) in [4.78, 5) is 2.33. The maximum absolute atomic E-state index is 5.74. The Morgan fingerprint density at radius 3 is 3.00 bits per heavy atom. The SMILES string of the molecule is CN1Cc2ccc(Br)cc2C[C@H]1CN. The fourth-order valence-corrected chi connectivity index (χ4v) is 2.42. The highest BCUT2D eigenvalue weighted by atomic mass is 79.9. The van der Waals surface area contributed by atoms with Gasteiger partial charge < -0.3 is 5.73 Å². The maximum Gasteiger partial charge on any atom is 0.0259 e. The first kappa shape index (κ1) is 10.1. The van der Waals surface area contributed by atoms with Crippen LogP contribution >= 0.6 is 15.9 Å². The molecular weight excluding hydrogens is 240 g/mol. The fourth-order valence-electron chi connectivity index (χ4n) is 2.01. The zero-order valence-corrected chi connectivity index (χ0v) is 9.92. The molecule has 76 valence electrons. The Labute approximate surface area is 93.2 Å². The number of likely N-dealkylation sites (N-methyl/N-ethyl adjacent to an activating group) is 1. The van der Waals surface area contributed by atoms with Crippen molar-refractivity contribution in [1.29, 1.82) is 0 Å². The number of benzene rings is 1. The molecule has 14 heavy (non-hydrogen) atoms. The summed E-state index contributed by atoms with van der Waals surface area (Å²) < 4.78 is 1.16. The van der Waals surface area contributed by atoms with Crippen molar-refractivity contribution in [2.24, 2.45) is 5.73 Å². The number of fused-ring (bicyclic) bond motifs is 1. The Morgan fingerprint density at radius 1 is 1.50 bits per heavy atom. The normalized spacial score (nSPS) is 22.1. The fraction of sp³-hybridized carbons (Fsp3) is 0.455. The monoisotopic (exact) mass is 254 g/mol. The molecule has 1 atom stereocenters. The summed E-state index contributed by atoms with van der Waals surface area (Å²) in [7, 11) is 2.14. The molecule has 2 N–H and O–H groups in total. The molecule has 0 radical (unpaired) electrons. The van der Waals surface area contributed by atoms with Gasteiger partial charge in [0.1, 0.15) is 0 Å². The van der Waals surface area contributed by atoms with Crippen LogP contribution in [-0.2, 0) is 13.0 Å². The largest absolute Gasteiger partial charge is 0.329 e. The number of nitrogens with zero attached hydrogens (tertiary/aromatic N) is 1. The molecule has 1 aromatic carbocycles. The van der Waals surface area contributed by atoms with Gasteiger partial charge in [0.15, 0.2) is 0 Å². The molecule has 0 saturated carbocycles. The van der Waals surface area contributed by atoms with Crippen molar-refractivity contribution in [1.82, 2.24) is 4.90 Å². The molecular formula is C11H15BrN2. The lowest BCUT2D eigenvalue weighted by atomic mass is 9.94. The molecule has 1 aliphatic heterocycles. The predicted molar refractivity (Wildman–Crippen MR) is 62.2 cm³/mol. The van der Waals surface area contributed by atoms with Crippen molar-refractivity contribution in [3.63, 3.8) is 0 Å². The molecule has 3 heteroatoms. The number of rotatable bonds is 1. The lowest BCUT2D eigenvalue weighted by molar-refractivity contribution is 0.220. The third-order valence-electron chi connectivity index (χ3n) is 2.94. The second-order valence-electron chi connectivity index (χ2n) is 3.92. The third kappa shape index (κ3) is 1.85. The van der Waals surface area contributed by atoms with Crippen LogP contribution in [0.3, 0.4) is 0 Å². The highest BCUT2D eigenvalue weighted by Gasteiger charge is 2.21. The summed E-state index contributed by atoms with van der Waals surface area (Å²) in [5.74, 6) is 0. The molecule has 0 bridgehead atoms. The van der Waals surface area contributed by atoms with E-state index in [1.807, 2.05) is 0 Å². The van der Waals surface area contributed by atoms with Crippen LogP contribution in [0.1, 0.15) is 11.1 Å². The van der Waals surface area contributed by atoms with Crippen LogP contribution in [0.15, 0.2) is 22.7 Å². The van der Waals surface area contributed by atoms with Crippen LogP contribution in [0.4, 0.5) is 0 Å². The summed E-state index contributed by atoms with van der Waals surface area (Å²) in [6.07, 6.45) is 1.07. The molecule has 2 rings (SSSR count). The van der Waals surface area contributed by atoms with E-state index in [1.165, 1.54) is 11.1 Å². The summed E-state index contributed by atoms with van der Waals surface area (Å²) in [5, 5.41) is 0. The molecule has 2 nitrogen and oxygen atoms in total. The molecule has 0 saturated heterocycles. The van der Waals surface area contributed by atoms with E-state index in [0.717, 1.165) is 24.0 Å². The lowest BCUT2D eigenvalue weighted by Gasteiger charge is -2.33. The predicted octanol–water partition coefficient (Wildman–Crippen LogP) is 1.76. The van der Waals surface area contributed by atoms with Gasteiger partial charge in [-0.15, -0.1) is 0 Å². The zero-order chi connectivity index (χ0) is 10.1. The van der Waals surface area contributed by atoms with Crippen molar-refractivity contribution in [2.75, 3.05) is 13.6 Å². The van der Waals surface area contributed by atoms with E-state index < -0.39 is 0 Å². The Bertz CT molecular complexity index is 338. The van der Waals surface area contributed by atoms with E-state index >= 15 is 0 Å². The topological polar surface area (TPSA) is 29.3 Å². The van der Waals surface area contributed by atoms with E-state index in [4.69, 9.17) is 5.73 Å². The molecule has 1 heterocycles. The standard InChI is InChI=1S/C11H15BrN2/c1-14-7-8-2-3-10(12)4-9(8)5-11(14)6-13/h2-4,11H,5-7,13H2,1H3/t11-/m0/s1. The maximum atomic E-state index is 5.74. The van der Waals surface area contributed by atoms with Gasteiger partial charge in [0, 0.05) is 23.6 Å². The highest BCUT2D eigenvalue weighted by molar-refractivity contribution is 9.10. The Hall–Kier alpha value is -0.380. The Kier molecular flexibility index (Phi) is 2.91. The third-order valence-corrected chi connectivity index (χ3v) is 3.43.